The molecule has 1 aromatic heterocycles. The van der Waals surface area contributed by atoms with Crippen LogP contribution in [0.25, 0.3) is 11.4 Å². The second-order valence-corrected chi connectivity index (χ2v) is 6.96. The number of aryl methyl sites for hydroxylation is 1. The summed E-state index contributed by atoms with van der Waals surface area (Å²) in [5.74, 6) is 1.36. The monoisotopic (exact) mass is 406 g/mol. The standard InChI is InChI=1S/C22H22N4O4/c1-29-18-14-16(9-10-17(18)26-13-5-8-21(26)28)23-19(27)11-12-20-24-22(25-30-20)15-6-3-2-4-7-15/h2-4,6-7,9-10,14H,5,8,11-13H2,1H3,(H,23,27). The van der Waals surface area contributed by atoms with Gasteiger partial charge in [-0.15, -0.1) is 0 Å². The van der Waals surface area contributed by atoms with E-state index in [2.05, 4.69) is 15.5 Å². The normalized spacial score (nSPS) is 13.5. The summed E-state index contributed by atoms with van der Waals surface area (Å²) in [6, 6.07) is 14.8. The van der Waals surface area contributed by atoms with E-state index in [0.29, 0.717) is 42.5 Å². The van der Waals surface area contributed by atoms with Gasteiger partial charge in [-0.3, -0.25) is 9.59 Å². The predicted octanol–water partition coefficient (Wildman–Crippen LogP) is 3.44. The van der Waals surface area contributed by atoms with E-state index in [9.17, 15) is 9.59 Å². The fourth-order valence-electron chi connectivity index (χ4n) is 3.39. The van der Waals surface area contributed by atoms with Crippen molar-refractivity contribution in [2.75, 3.05) is 23.9 Å². The van der Waals surface area contributed by atoms with Crippen molar-refractivity contribution in [2.24, 2.45) is 0 Å². The summed E-state index contributed by atoms with van der Waals surface area (Å²) in [5.41, 5.74) is 2.18. The van der Waals surface area contributed by atoms with Gasteiger partial charge in [0, 0.05) is 43.1 Å². The Kier molecular flexibility index (Phi) is 5.74. The van der Waals surface area contributed by atoms with E-state index < -0.39 is 0 Å². The van der Waals surface area contributed by atoms with Crippen LogP contribution in [0.5, 0.6) is 5.75 Å². The van der Waals surface area contributed by atoms with E-state index in [1.165, 1.54) is 0 Å². The molecule has 0 radical (unpaired) electrons. The summed E-state index contributed by atoms with van der Waals surface area (Å²) in [6.45, 7) is 0.677. The number of methoxy groups -OCH3 is 1. The van der Waals surface area contributed by atoms with Crippen molar-refractivity contribution in [2.45, 2.75) is 25.7 Å². The number of hydrogen-bond donors (Lipinski definition) is 1. The molecule has 1 saturated heterocycles. The SMILES string of the molecule is COc1cc(NC(=O)CCc2nc(-c3ccccc3)no2)ccc1N1CCCC1=O. The fourth-order valence-corrected chi connectivity index (χ4v) is 3.39. The Balaban J connectivity index is 1.36. The number of hydrogen-bond acceptors (Lipinski definition) is 6. The molecule has 8 heteroatoms. The lowest BCUT2D eigenvalue weighted by Gasteiger charge is -2.19. The molecule has 0 aliphatic carbocycles. The third-order valence-electron chi connectivity index (χ3n) is 4.89. The van der Waals surface area contributed by atoms with Crippen LogP contribution in [-0.2, 0) is 16.0 Å². The largest absolute Gasteiger partial charge is 0.494 e. The molecule has 1 N–H and O–H groups in total. The van der Waals surface area contributed by atoms with Crippen molar-refractivity contribution in [1.82, 2.24) is 10.1 Å². The van der Waals surface area contributed by atoms with E-state index in [4.69, 9.17) is 9.26 Å². The van der Waals surface area contributed by atoms with Crippen LogP contribution in [0.15, 0.2) is 53.1 Å². The second-order valence-electron chi connectivity index (χ2n) is 6.96. The Morgan fingerprint density at radius 3 is 2.80 bits per heavy atom. The van der Waals surface area contributed by atoms with E-state index in [1.54, 1.807) is 30.2 Å². The number of benzene rings is 2. The Bertz CT molecular complexity index is 1050. The van der Waals surface area contributed by atoms with Gasteiger partial charge in [-0.2, -0.15) is 4.98 Å². The Morgan fingerprint density at radius 2 is 2.07 bits per heavy atom. The minimum absolute atomic E-state index is 0.0829. The lowest BCUT2D eigenvalue weighted by molar-refractivity contribution is -0.117. The summed E-state index contributed by atoms with van der Waals surface area (Å²) in [6.07, 6.45) is 1.92. The number of nitrogens with zero attached hydrogens (tertiary/aromatic N) is 3. The first-order chi connectivity index (χ1) is 14.6. The molecule has 1 fully saturated rings. The van der Waals surface area contributed by atoms with Crippen LogP contribution in [0.1, 0.15) is 25.2 Å². The smallest absolute Gasteiger partial charge is 0.227 e. The van der Waals surface area contributed by atoms with Crippen molar-refractivity contribution in [1.29, 1.82) is 0 Å². The molecule has 0 bridgehead atoms. The van der Waals surface area contributed by atoms with Gasteiger partial charge in [-0.05, 0) is 18.6 Å². The average Bonchev–Trinajstić information content (AvgIpc) is 3.42. The summed E-state index contributed by atoms with van der Waals surface area (Å²) in [5, 5.41) is 6.80. The van der Waals surface area contributed by atoms with Crippen molar-refractivity contribution < 1.29 is 18.8 Å². The Labute approximate surface area is 173 Å². The van der Waals surface area contributed by atoms with Crippen LogP contribution in [0.2, 0.25) is 0 Å². The molecule has 1 aliphatic rings. The highest BCUT2D eigenvalue weighted by Gasteiger charge is 2.24. The highest BCUT2D eigenvalue weighted by atomic mass is 16.5. The topological polar surface area (TPSA) is 97.6 Å². The van der Waals surface area contributed by atoms with Crippen LogP contribution in [0, 0.1) is 0 Å². The molecular formula is C22H22N4O4. The van der Waals surface area contributed by atoms with Gasteiger partial charge >= 0.3 is 0 Å². The zero-order valence-corrected chi connectivity index (χ0v) is 16.6. The average molecular weight is 406 g/mol. The number of anilines is 2. The lowest BCUT2D eigenvalue weighted by Crippen LogP contribution is -2.24. The molecule has 8 nitrogen and oxygen atoms in total. The number of aromatic nitrogens is 2. The fraction of sp³-hybridized carbons (Fsp3) is 0.273. The summed E-state index contributed by atoms with van der Waals surface area (Å²) in [7, 11) is 1.55. The van der Waals surface area contributed by atoms with Crippen molar-refractivity contribution in [3.8, 4) is 17.1 Å². The molecule has 2 heterocycles. The molecular weight excluding hydrogens is 384 g/mol. The third-order valence-corrected chi connectivity index (χ3v) is 4.89. The molecule has 2 aromatic carbocycles. The first-order valence-corrected chi connectivity index (χ1v) is 9.80. The van der Waals surface area contributed by atoms with E-state index in [-0.39, 0.29) is 18.2 Å². The van der Waals surface area contributed by atoms with E-state index >= 15 is 0 Å². The minimum atomic E-state index is -0.179. The van der Waals surface area contributed by atoms with E-state index in [1.807, 2.05) is 30.3 Å². The lowest BCUT2D eigenvalue weighted by atomic mass is 10.2. The van der Waals surface area contributed by atoms with Gasteiger partial charge in [0.25, 0.3) is 0 Å². The maximum Gasteiger partial charge on any atom is 0.227 e. The summed E-state index contributed by atoms with van der Waals surface area (Å²) >= 11 is 0. The van der Waals surface area contributed by atoms with Gasteiger partial charge in [-0.1, -0.05) is 35.5 Å². The maximum atomic E-state index is 12.3. The van der Waals surface area contributed by atoms with Gasteiger partial charge in [0.15, 0.2) is 0 Å². The number of ether oxygens (including phenoxy) is 1. The second kappa shape index (κ2) is 8.77. The summed E-state index contributed by atoms with van der Waals surface area (Å²) in [4.78, 5) is 30.4. The maximum absolute atomic E-state index is 12.3. The zero-order chi connectivity index (χ0) is 20.9. The van der Waals surface area contributed by atoms with Crippen LogP contribution in [0.3, 0.4) is 0 Å². The molecule has 30 heavy (non-hydrogen) atoms. The van der Waals surface area contributed by atoms with Crippen LogP contribution in [0.4, 0.5) is 11.4 Å². The molecule has 2 amide bonds. The van der Waals surface area contributed by atoms with Crippen LogP contribution in [-0.4, -0.2) is 35.6 Å². The van der Waals surface area contributed by atoms with Crippen LogP contribution < -0.4 is 15.0 Å². The van der Waals surface area contributed by atoms with Gasteiger partial charge in [-0.25, -0.2) is 0 Å². The van der Waals surface area contributed by atoms with Crippen LogP contribution >= 0.6 is 0 Å². The van der Waals surface area contributed by atoms with Gasteiger partial charge in [0.05, 0.1) is 12.8 Å². The molecule has 3 aromatic rings. The van der Waals surface area contributed by atoms with Gasteiger partial charge in [0.1, 0.15) is 5.75 Å². The molecule has 0 spiro atoms. The number of carbonyl (C=O) groups is 2. The number of amides is 2. The van der Waals surface area contributed by atoms with Gasteiger partial charge in [0.2, 0.25) is 23.5 Å². The summed E-state index contributed by atoms with van der Waals surface area (Å²) < 4.78 is 10.7. The molecule has 1 aliphatic heterocycles. The molecule has 0 unspecified atom stereocenters. The molecule has 4 rings (SSSR count). The van der Waals surface area contributed by atoms with Gasteiger partial charge < -0.3 is 19.5 Å². The molecule has 154 valence electrons. The predicted molar refractivity (Wildman–Crippen MR) is 111 cm³/mol. The molecule has 0 saturated carbocycles. The quantitative estimate of drug-likeness (QED) is 0.645. The minimum Gasteiger partial charge on any atom is -0.494 e. The van der Waals surface area contributed by atoms with Crippen molar-refractivity contribution in [3.63, 3.8) is 0 Å². The first kappa shape index (κ1) is 19.6. The zero-order valence-electron chi connectivity index (χ0n) is 16.6. The highest BCUT2D eigenvalue weighted by molar-refractivity contribution is 5.98. The van der Waals surface area contributed by atoms with Crippen molar-refractivity contribution in [3.05, 3.63) is 54.4 Å². The van der Waals surface area contributed by atoms with Crippen molar-refractivity contribution >= 4 is 23.2 Å². The molecule has 0 atom stereocenters. The number of rotatable bonds is 7. The first-order valence-electron chi connectivity index (χ1n) is 9.80. The highest BCUT2D eigenvalue weighted by Crippen LogP contribution is 2.33. The number of carbonyl (C=O) groups excluding carboxylic acids is 2. The third kappa shape index (κ3) is 4.32. The Morgan fingerprint density at radius 1 is 1.23 bits per heavy atom. The Hall–Kier alpha value is -3.68. The number of nitrogens with one attached hydrogen (secondary N) is 1. The van der Waals surface area contributed by atoms with E-state index in [0.717, 1.165) is 17.7 Å².